The molecule has 1 heterocycles. The Morgan fingerprint density at radius 2 is 1.91 bits per heavy atom. The summed E-state index contributed by atoms with van der Waals surface area (Å²) in [6.07, 6.45) is 4.93. The second-order valence-corrected chi connectivity index (χ2v) is 9.00. The molecule has 0 aliphatic rings. The molecule has 0 bridgehead atoms. The molecule has 0 saturated carbocycles. The first kappa shape index (κ1) is 23.4. The van der Waals surface area contributed by atoms with E-state index in [-0.39, 0.29) is 5.75 Å². The average Bonchev–Trinajstić information content (AvgIpc) is 3.22. The molecular formula is C26H32N4OS. The van der Waals surface area contributed by atoms with Crippen LogP contribution in [0.1, 0.15) is 31.9 Å². The maximum atomic E-state index is 9.49. The highest BCUT2D eigenvalue weighted by Crippen LogP contribution is 2.25. The molecule has 6 heteroatoms. The van der Waals surface area contributed by atoms with Gasteiger partial charge in [-0.25, -0.2) is 4.99 Å². The predicted octanol–water partition coefficient (Wildman–Crippen LogP) is 5.23. The molecule has 3 rings (SSSR count). The summed E-state index contributed by atoms with van der Waals surface area (Å²) in [6, 6.07) is 15.9. The quantitative estimate of drug-likeness (QED) is 0.238. The number of nitrogens with zero attached hydrogens (tertiary/aromatic N) is 2. The van der Waals surface area contributed by atoms with Gasteiger partial charge in [0.25, 0.3) is 0 Å². The highest BCUT2D eigenvalue weighted by atomic mass is 32.1. The molecule has 0 radical (unpaired) electrons. The second-order valence-electron chi connectivity index (χ2n) is 8.09. The third-order valence-corrected chi connectivity index (χ3v) is 6.34. The first-order valence-electron chi connectivity index (χ1n) is 10.8. The van der Waals surface area contributed by atoms with E-state index in [2.05, 4.69) is 60.9 Å². The van der Waals surface area contributed by atoms with E-state index in [9.17, 15) is 5.11 Å². The molecule has 32 heavy (non-hydrogen) atoms. The van der Waals surface area contributed by atoms with Crippen LogP contribution in [-0.2, 0) is 6.42 Å². The molecule has 0 aliphatic carbocycles. The Morgan fingerprint density at radius 3 is 2.62 bits per heavy atom. The van der Waals surface area contributed by atoms with Crippen molar-refractivity contribution in [3.63, 3.8) is 0 Å². The number of hydrogen-bond donors (Lipinski definition) is 3. The summed E-state index contributed by atoms with van der Waals surface area (Å²) >= 11 is 1.67. The maximum Gasteiger partial charge on any atom is 0.134 e. The first-order chi connectivity index (χ1) is 15.3. The number of fused-ring (bicyclic) bond motifs is 1. The van der Waals surface area contributed by atoms with E-state index < -0.39 is 0 Å². The van der Waals surface area contributed by atoms with Gasteiger partial charge in [-0.3, -0.25) is 0 Å². The monoisotopic (exact) mass is 448 g/mol. The Bertz CT molecular complexity index is 1130. The fourth-order valence-electron chi connectivity index (χ4n) is 3.09. The lowest BCUT2D eigenvalue weighted by atomic mass is 10.1. The van der Waals surface area contributed by atoms with E-state index in [0.29, 0.717) is 18.4 Å². The Hall–Kier alpha value is -3.25. The molecule has 4 N–H and O–H groups in total. The van der Waals surface area contributed by atoms with E-state index in [4.69, 9.17) is 10.7 Å². The third kappa shape index (κ3) is 6.14. The molecular weight excluding hydrogens is 416 g/mol. The third-order valence-electron chi connectivity index (χ3n) is 5.38. The van der Waals surface area contributed by atoms with Gasteiger partial charge >= 0.3 is 0 Å². The molecule has 5 nitrogen and oxygen atoms in total. The van der Waals surface area contributed by atoms with Crippen LogP contribution in [0.4, 0.5) is 0 Å². The molecule has 0 fully saturated rings. The van der Waals surface area contributed by atoms with Crippen molar-refractivity contribution in [1.29, 1.82) is 0 Å². The van der Waals surface area contributed by atoms with E-state index in [1.807, 2.05) is 31.2 Å². The second kappa shape index (κ2) is 10.9. The van der Waals surface area contributed by atoms with E-state index in [1.54, 1.807) is 23.5 Å². The van der Waals surface area contributed by atoms with Crippen molar-refractivity contribution >= 4 is 27.3 Å². The number of benzene rings is 2. The Labute approximate surface area is 194 Å². The minimum Gasteiger partial charge on any atom is -0.508 e. The van der Waals surface area contributed by atoms with Crippen LogP contribution >= 0.6 is 11.3 Å². The number of nitrogens with two attached hydrogens (primary N) is 1. The number of rotatable bonds is 9. The van der Waals surface area contributed by atoms with Crippen LogP contribution in [0.5, 0.6) is 5.75 Å². The van der Waals surface area contributed by atoms with Crippen LogP contribution in [0.15, 0.2) is 82.6 Å². The summed E-state index contributed by atoms with van der Waals surface area (Å²) in [6.45, 7) is 7.04. The number of aliphatic imine (C=N–C) groups is 1. The van der Waals surface area contributed by atoms with E-state index in [1.165, 1.54) is 4.70 Å². The Morgan fingerprint density at radius 1 is 1.19 bits per heavy atom. The minimum absolute atomic E-state index is 0.276. The highest BCUT2D eigenvalue weighted by Gasteiger charge is 2.09. The molecule has 3 aromatic rings. The fourth-order valence-corrected chi connectivity index (χ4v) is 4.05. The molecule has 168 valence electrons. The maximum absolute atomic E-state index is 9.49. The molecule has 0 saturated heterocycles. The van der Waals surface area contributed by atoms with Gasteiger partial charge in [0.15, 0.2) is 0 Å². The van der Waals surface area contributed by atoms with Crippen LogP contribution in [0.2, 0.25) is 0 Å². The molecule has 0 atom stereocenters. The summed E-state index contributed by atoms with van der Waals surface area (Å²) < 4.78 is 1.20. The number of phenols is 1. The van der Waals surface area contributed by atoms with Crippen molar-refractivity contribution in [1.82, 2.24) is 10.2 Å². The van der Waals surface area contributed by atoms with Gasteiger partial charge in [-0.1, -0.05) is 30.3 Å². The van der Waals surface area contributed by atoms with Crippen LogP contribution < -0.4 is 11.1 Å². The van der Waals surface area contributed by atoms with Crippen LogP contribution in [0, 0.1) is 0 Å². The number of thiophene rings is 1. The van der Waals surface area contributed by atoms with Gasteiger partial charge in [-0.15, -0.1) is 11.3 Å². The summed E-state index contributed by atoms with van der Waals surface area (Å²) in [5, 5.41) is 16.1. The first-order valence-corrected chi connectivity index (χ1v) is 11.7. The molecule has 0 amide bonds. The minimum atomic E-state index is 0.276. The topological polar surface area (TPSA) is 73.9 Å². The van der Waals surface area contributed by atoms with Gasteiger partial charge in [-0.05, 0) is 68.8 Å². The predicted molar refractivity (Wildman–Crippen MR) is 137 cm³/mol. The fraction of sp³-hybridized carbons (Fsp3) is 0.269. The van der Waals surface area contributed by atoms with Crippen molar-refractivity contribution in [3.8, 4) is 5.75 Å². The number of allylic oxidation sites excluding steroid dienone is 2. The molecule has 0 spiro atoms. The summed E-state index contributed by atoms with van der Waals surface area (Å²) in [4.78, 5) is 6.95. The zero-order valence-corrected chi connectivity index (χ0v) is 20.0. The summed E-state index contributed by atoms with van der Waals surface area (Å²) in [7, 11) is 2.06. The van der Waals surface area contributed by atoms with Crippen LogP contribution in [0.25, 0.3) is 10.1 Å². The van der Waals surface area contributed by atoms with Crippen LogP contribution in [-0.4, -0.2) is 35.5 Å². The lowest BCUT2D eigenvalue weighted by molar-refractivity contribution is 0.375. The summed E-state index contributed by atoms with van der Waals surface area (Å²) in [5.41, 5.74) is 9.57. The van der Waals surface area contributed by atoms with Crippen molar-refractivity contribution in [2.24, 2.45) is 10.7 Å². The standard InChI is InChI=1S/C26H32N4OS/c1-18(2)30(4)16-14-19(3)26(28-15-13-20-9-11-21(31)12-10-20)29-25(27)23-17-32-24-8-6-5-7-22(23)24/h5-12,14,16-18,28,31H,13,15H2,1-4H3,(H2,27,29)/b16-14-,26-19+. The van der Waals surface area contributed by atoms with E-state index >= 15 is 0 Å². The Balaban J connectivity index is 1.85. The molecule has 0 aliphatic heterocycles. The zero-order chi connectivity index (χ0) is 23.1. The largest absolute Gasteiger partial charge is 0.508 e. The zero-order valence-electron chi connectivity index (χ0n) is 19.2. The lowest BCUT2D eigenvalue weighted by Crippen LogP contribution is -2.22. The van der Waals surface area contributed by atoms with Crippen molar-refractivity contribution in [2.75, 3.05) is 13.6 Å². The molecule has 0 unspecified atom stereocenters. The van der Waals surface area contributed by atoms with Crippen molar-refractivity contribution < 1.29 is 5.11 Å². The lowest BCUT2D eigenvalue weighted by Gasteiger charge is -2.18. The molecule has 1 aromatic heterocycles. The Kier molecular flexibility index (Phi) is 7.95. The van der Waals surface area contributed by atoms with Gasteiger partial charge in [0, 0.05) is 40.7 Å². The van der Waals surface area contributed by atoms with Gasteiger partial charge in [0.05, 0.1) is 0 Å². The number of aromatic hydroxyl groups is 1. The highest BCUT2D eigenvalue weighted by molar-refractivity contribution is 7.17. The van der Waals surface area contributed by atoms with Gasteiger partial charge in [0.2, 0.25) is 0 Å². The normalized spacial score (nSPS) is 13.1. The SMILES string of the molecule is CC(/C=C\N(C)C(C)C)=C(\N=C(N)c1csc2ccccc12)NCCc1ccc(O)cc1. The van der Waals surface area contributed by atoms with Crippen LogP contribution in [0.3, 0.4) is 0 Å². The number of hydrogen-bond acceptors (Lipinski definition) is 5. The van der Waals surface area contributed by atoms with Crippen molar-refractivity contribution in [2.45, 2.75) is 33.2 Å². The number of phenolic OH excluding ortho intramolecular Hbond substituents is 1. The molecule has 2 aromatic carbocycles. The van der Waals surface area contributed by atoms with Gasteiger partial charge < -0.3 is 21.1 Å². The van der Waals surface area contributed by atoms with E-state index in [0.717, 1.165) is 34.3 Å². The van der Waals surface area contributed by atoms with Gasteiger partial charge in [-0.2, -0.15) is 0 Å². The smallest absolute Gasteiger partial charge is 0.134 e. The van der Waals surface area contributed by atoms with Gasteiger partial charge in [0.1, 0.15) is 17.4 Å². The number of nitrogens with one attached hydrogen (secondary N) is 1. The van der Waals surface area contributed by atoms with Crippen molar-refractivity contribution in [3.05, 3.63) is 88.7 Å². The summed E-state index contributed by atoms with van der Waals surface area (Å²) in [5.74, 6) is 1.53. The number of amidine groups is 1. The average molecular weight is 449 g/mol.